The van der Waals surface area contributed by atoms with E-state index in [9.17, 15) is 4.79 Å². The van der Waals surface area contributed by atoms with Crippen LogP contribution in [0.5, 0.6) is 0 Å². The Hall–Kier alpha value is -2.08. The first-order valence-electron chi connectivity index (χ1n) is 5.23. The number of halogens is 1. The van der Waals surface area contributed by atoms with Crippen LogP contribution in [0.3, 0.4) is 0 Å². The molecule has 90 valence electrons. The number of nitrogen functional groups attached to an aromatic ring is 1. The smallest absolute Gasteiger partial charge is 0.252 e. The number of nitrogens with one attached hydrogen (secondary N) is 1. The van der Waals surface area contributed by atoms with E-state index in [0.717, 1.165) is 20.8 Å². The Kier molecular flexibility index (Phi) is 2.27. The van der Waals surface area contributed by atoms with Gasteiger partial charge in [-0.3, -0.25) is 4.79 Å². The summed E-state index contributed by atoms with van der Waals surface area (Å²) in [5.41, 5.74) is 13.1. The van der Waals surface area contributed by atoms with Crippen molar-refractivity contribution in [2.24, 2.45) is 5.73 Å². The van der Waals surface area contributed by atoms with Gasteiger partial charge in [0.25, 0.3) is 5.91 Å². The molecular formula is C12H9BrN4O. The number of carbonyl (C=O) groups excluding carboxylic acids is 1. The molecule has 0 fully saturated rings. The lowest BCUT2D eigenvalue weighted by Gasteiger charge is -2.00. The third-order valence-electron chi connectivity index (χ3n) is 2.88. The van der Waals surface area contributed by atoms with Crippen LogP contribution in [0.15, 0.2) is 28.9 Å². The lowest BCUT2D eigenvalue weighted by molar-refractivity contribution is 0.100. The number of benzene rings is 1. The highest BCUT2D eigenvalue weighted by molar-refractivity contribution is 9.10. The highest BCUT2D eigenvalue weighted by Gasteiger charge is 2.15. The van der Waals surface area contributed by atoms with Gasteiger partial charge in [0.2, 0.25) is 0 Å². The van der Waals surface area contributed by atoms with Crippen molar-refractivity contribution in [2.75, 3.05) is 5.73 Å². The molecule has 0 saturated carbocycles. The predicted octanol–water partition coefficient (Wildman–Crippen LogP) is 2.16. The fourth-order valence-electron chi connectivity index (χ4n) is 2.08. The third-order valence-corrected chi connectivity index (χ3v) is 3.38. The number of amides is 1. The van der Waals surface area contributed by atoms with Crippen molar-refractivity contribution in [1.82, 2.24) is 9.97 Å². The van der Waals surface area contributed by atoms with Gasteiger partial charge in [-0.2, -0.15) is 0 Å². The second-order valence-corrected chi connectivity index (χ2v) is 4.90. The standard InChI is InChI=1S/C12H9BrN4O/c13-5-1-2-8-6(3-5)9-10(17-8)7(12(15)18)4-16-11(9)14/h1-4,17H,(H2,14,16)(H2,15,18). The number of H-pyrrole nitrogens is 1. The predicted molar refractivity (Wildman–Crippen MR) is 74.2 cm³/mol. The molecule has 0 aliphatic carbocycles. The van der Waals surface area contributed by atoms with Crippen LogP contribution < -0.4 is 11.5 Å². The Morgan fingerprint density at radius 1 is 1.39 bits per heavy atom. The molecule has 18 heavy (non-hydrogen) atoms. The second kappa shape index (κ2) is 3.71. The Labute approximate surface area is 110 Å². The van der Waals surface area contributed by atoms with Crippen molar-refractivity contribution in [1.29, 1.82) is 0 Å². The van der Waals surface area contributed by atoms with Crippen molar-refractivity contribution < 1.29 is 4.79 Å². The van der Waals surface area contributed by atoms with Gasteiger partial charge in [0.15, 0.2) is 0 Å². The van der Waals surface area contributed by atoms with E-state index in [1.54, 1.807) is 0 Å². The van der Waals surface area contributed by atoms with E-state index >= 15 is 0 Å². The zero-order chi connectivity index (χ0) is 12.9. The number of hydrogen-bond donors (Lipinski definition) is 3. The van der Waals surface area contributed by atoms with Gasteiger partial charge in [0.05, 0.1) is 16.5 Å². The van der Waals surface area contributed by atoms with E-state index in [0.29, 0.717) is 16.9 Å². The molecule has 1 aromatic carbocycles. The molecule has 0 bridgehead atoms. The summed E-state index contributed by atoms with van der Waals surface area (Å²) in [5, 5.41) is 1.63. The van der Waals surface area contributed by atoms with Crippen LogP contribution >= 0.6 is 15.9 Å². The molecule has 0 radical (unpaired) electrons. The Bertz CT molecular complexity index is 793. The molecule has 0 saturated heterocycles. The molecular weight excluding hydrogens is 296 g/mol. The first-order valence-corrected chi connectivity index (χ1v) is 6.02. The topological polar surface area (TPSA) is 97.8 Å². The number of rotatable bonds is 1. The summed E-state index contributed by atoms with van der Waals surface area (Å²) in [6.45, 7) is 0. The number of pyridine rings is 1. The molecule has 0 aliphatic rings. The number of carbonyl (C=O) groups is 1. The van der Waals surface area contributed by atoms with Crippen LogP contribution in [0.1, 0.15) is 10.4 Å². The molecule has 2 aromatic heterocycles. The summed E-state index contributed by atoms with van der Waals surface area (Å²) in [6, 6.07) is 5.74. The van der Waals surface area contributed by atoms with Crippen molar-refractivity contribution >= 4 is 49.5 Å². The average molecular weight is 305 g/mol. The minimum atomic E-state index is -0.530. The van der Waals surface area contributed by atoms with Crippen molar-refractivity contribution in [3.63, 3.8) is 0 Å². The van der Waals surface area contributed by atoms with Crippen LogP contribution in [0.4, 0.5) is 5.82 Å². The van der Waals surface area contributed by atoms with Crippen molar-refractivity contribution in [3.8, 4) is 0 Å². The lowest BCUT2D eigenvalue weighted by atomic mass is 10.1. The van der Waals surface area contributed by atoms with Gasteiger partial charge >= 0.3 is 0 Å². The fraction of sp³-hybridized carbons (Fsp3) is 0. The van der Waals surface area contributed by atoms with E-state index in [1.807, 2.05) is 18.2 Å². The monoisotopic (exact) mass is 304 g/mol. The molecule has 3 aromatic rings. The van der Waals surface area contributed by atoms with E-state index in [-0.39, 0.29) is 0 Å². The maximum atomic E-state index is 11.4. The van der Waals surface area contributed by atoms with E-state index < -0.39 is 5.91 Å². The normalized spacial score (nSPS) is 11.2. The number of anilines is 1. The van der Waals surface area contributed by atoms with Crippen molar-refractivity contribution in [3.05, 3.63) is 34.4 Å². The minimum absolute atomic E-state index is 0.339. The fourth-order valence-corrected chi connectivity index (χ4v) is 2.44. The quantitative estimate of drug-likeness (QED) is 0.642. The minimum Gasteiger partial charge on any atom is -0.383 e. The largest absolute Gasteiger partial charge is 0.383 e. The zero-order valence-corrected chi connectivity index (χ0v) is 10.8. The maximum absolute atomic E-state index is 11.4. The average Bonchev–Trinajstić information content (AvgIpc) is 2.68. The highest BCUT2D eigenvalue weighted by Crippen LogP contribution is 2.32. The summed E-state index contributed by atoms with van der Waals surface area (Å²) in [7, 11) is 0. The summed E-state index contributed by atoms with van der Waals surface area (Å²) < 4.78 is 0.930. The summed E-state index contributed by atoms with van der Waals surface area (Å²) in [6.07, 6.45) is 1.39. The van der Waals surface area contributed by atoms with E-state index in [1.165, 1.54) is 6.20 Å². The summed E-state index contributed by atoms with van der Waals surface area (Å²) in [4.78, 5) is 18.6. The molecule has 1 amide bonds. The molecule has 5 N–H and O–H groups in total. The molecule has 0 unspecified atom stereocenters. The Balaban J connectivity index is 2.56. The molecule has 0 spiro atoms. The van der Waals surface area contributed by atoms with Crippen molar-refractivity contribution in [2.45, 2.75) is 0 Å². The number of hydrogen-bond acceptors (Lipinski definition) is 3. The number of nitrogens with zero attached hydrogens (tertiary/aromatic N) is 1. The van der Waals surface area contributed by atoms with Gasteiger partial charge in [-0.05, 0) is 18.2 Å². The first kappa shape index (κ1) is 11.0. The summed E-state index contributed by atoms with van der Waals surface area (Å²) in [5.74, 6) is -0.155. The zero-order valence-electron chi connectivity index (χ0n) is 9.20. The highest BCUT2D eigenvalue weighted by atomic mass is 79.9. The molecule has 5 nitrogen and oxygen atoms in total. The van der Waals surface area contributed by atoms with Gasteiger partial charge in [-0.1, -0.05) is 15.9 Å². The number of nitrogens with two attached hydrogens (primary N) is 2. The number of aromatic nitrogens is 2. The molecule has 6 heteroatoms. The van der Waals surface area contributed by atoms with Crippen LogP contribution in [-0.4, -0.2) is 15.9 Å². The SMILES string of the molecule is NC(=O)c1cnc(N)c2c1[nH]c1ccc(Br)cc12. The van der Waals surface area contributed by atoms with Gasteiger partial charge in [0.1, 0.15) is 5.82 Å². The van der Waals surface area contributed by atoms with Crippen LogP contribution in [0.2, 0.25) is 0 Å². The number of aromatic amines is 1. The van der Waals surface area contributed by atoms with E-state index in [2.05, 4.69) is 25.9 Å². The third kappa shape index (κ3) is 1.46. The van der Waals surface area contributed by atoms with Crippen LogP contribution in [0, 0.1) is 0 Å². The van der Waals surface area contributed by atoms with Gasteiger partial charge in [-0.15, -0.1) is 0 Å². The second-order valence-electron chi connectivity index (χ2n) is 3.99. The number of fused-ring (bicyclic) bond motifs is 3. The molecule has 0 aliphatic heterocycles. The van der Waals surface area contributed by atoms with Crippen LogP contribution in [0.25, 0.3) is 21.8 Å². The van der Waals surface area contributed by atoms with Gasteiger partial charge < -0.3 is 16.5 Å². The van der Waals surface area contributed by atoms with Gasteiger partial charge in [0, 0.05) is 21.6 Å². The molecule has 2 heterocycles. The molecule has 0 atom stereocenters. The Morgan fingerprint density at radius 3 is 2.89 bits per heavy atom. The maximum Gasteiger partial charge on any atom is 0.252 e. The van der Waals surface area contributed by atoms with E-state index in [4.69, 9.17) is 11.5 Å². The number of primary amides is 1. The van der Waals surface area contributed by atoms with Crippen LogP contribution in [-0.2, 0) is 0 Å². The Morgan fingerprint density at radius 2 is 2.17 bits per heavy atom. The lowest BCUT2D eigenvalue weighted by Crippen LogP contribution is -2.12. The van der Waals surface area contributed by atoms with Gasteiger partial charge in [-0.25, -0.2) is 4.98 Å². The first-order chi connectivity index (χ1) is 8.58. The summed E-state index contributed by atoms with van der Waals surface area (Å²) >= 11 is 3.41. The molecule has 3 rings (SSSR count).